The van der Waals surface area contributed by atoms with Crippen molar-refractivity contribution in [3.63, 3.8) is 0 Å². The van der Waals surface area contributed by atoms with Gasteiger partial charge in [0.25, 0.3) is 5.91 Å². The summed E-state index contributed by atoms with van der Waals surface area (Å²) in [6.45, 7) is 0. The van der Waals surface area contributed by atoms with Gasteiger partial charge >= 0.3 is 11.9 Å². The van der Waals surface area contributed by atoms with E-state index in [1.54, 1.807) is 0 Å². The number of aromatic hydroxyl groups is 1. The van der Waals surface area contributed by atoms with Crippen LogP contribution in [0.15, 0.2) is 18.2 Å². The molecule has 8 heteroatoms. The molecule has 1 rings (SSSR count). The van der Waals surface area contributed by atoms with Crippen LogP contribution in [-0.2, 0) is 9.59 Å². The summed E-state index contributed by atoms with van der Waals surface area (Å²) in [7, 11) is 0. The maximum Gasteiger partial charge on any atom is 0.326 e. The number of carboxylic acids is 2. The molecule has 0 spiro atoms. The van der Waals surface area contributed by atoms with Crippen LogP contribution in [0, 0.1) is 5.82 Å². The number of nitrogens with one attached hydrogen (secondary N) is 1. The van der Waals surface area contributed by atoms with Gasteiger partial charge in [-0.1, -0.05) is 0 Å². The molecule has 19 heavy (non-hydrogen) atoms. The maximum atomic E-state index is 12.7. The summed E-state index contributed by atoms with van der Waals surface area (Å²) >= 11 is 0. The minimum Gasteiger partial charge on any atom is -0.507 e. The molecule has 4 N–H and O–H groups in total. The molecule has 1 aromatic carbocycles. The molecule has 1 aromatic rings. The molecule has 1 amide bonds. The first-order valence-corrected chi connectivity index (χ1v) is 5.05. The third kappa shape index (κ3) is 3.95. The lowest BCUT2D eigenvalue weighted by molar-refractivity contribution is -0.145. The fourth-order valence-electron chi connectivity index (χ4n) is 1.31. The van der Waals surface area contributed by atoms with E-state index in [4.69, 9.17) is 10.2 Å². The number of phenols is 1. The number of phenolic OH excluding ortho intramolecular Hbond substituents is 1. The van der Waals surface area contributed by atoms with E-state index in [-0.39, 0.29) is 5.56 Å². The van der Waals surface area contributed by atoms with Crippen molar-refractivity contribution in [3.05, 3.63) is 29.6 Å². The SMILES string of the molecule is O=C(O)C[C@@H](NC(=O)c1ccc(F)cc1O)C(=O)O. The summed E-state index contributed by atoms with van der Waals surface area (Å²) in [5.41, 5.74) is -0.349. The summed E-state index contributed by atoms with van der Waals surface area (Å²) in [5.74, 6) is -5.38. The van der Waals surface area contributed by atoms with Gasteiger partial charge in [0.15, 0.2) is 0 Å². The number of hydrogen-bond donors (Lipinski definition) is 4. The van der Waals surface area contributed by atoms with Crippen molar-refractivity contribution in [1.29, 1.82) is 0 Å². The van der Waals surface area contributed by atoms with Gasteiger partial charge in [0.2, 0.25) is 0 Å². The van der Waals surface area contributed by atoms with Crippen LogP contribution in [0.1, 0.15) is 16.8 Å². The Hall–Kier alpha value is -2.64. The molecule has 102 valence electrons. The lowest BCUT2D eigenvalue weighted by Crippen LogP contribution is -2.42. The zero-order valence-corrected chi connectivity index (χ0v) is 9.46. The molecular weight excluding hydrogens is 261 g/mol. The highest BCUT2D eigenvalue weighted by atomic mass is 19.1. The Morgan fingerprint density at radius 1 is 1.26 bits per heavy atom. The average Bonchev–Trinajstić information content (AvgIpc) is 2.26. The van der Waals surface area contributed by atoms with Crippen molar-refractivity contribution in [1.82, 2.24) is 5.32 Å². The van der Waals surface area contributed by atoms with Gasteiger partial charge in [0, 0.05) is 6.07 Å². The van der Waals surface area contributed by atoms with Crippen molar-refractivity contribution in [2.45, 2.75) is 12.5 Å². The van der Waals surface area contributed by atoms with E-state index in [9.17, 15) is 23.9 Å². The first-order valence-electron chi connectivity index (χ1n) is 5.05. The van der Waals surface area contributed by atoms with E-state index < -0.39 is 41.9 Å². The number of carbonyl (C=O) groups is 3. The van der Waals surface area contributed by atoms with E-state index in [1.807, 2.05) is 5.32 Å². The number of rotatable bonds is 5. The number of halogens is 1. The number of amides is 1. The Balaban J connectivity index is 2.87. The molecule has 0 bridgehead atoms. The number of carbonyl (C=O) groups excluding carboxylic acids is 1. The van der Waals surface area contributed by atoms with E-state index >= 15 is 0 Å². The molecule has 0 unspecified atom stereocenters. The Labute approximate surface area is 106 Å². The molecular formula is C11H10FNO6. The summed E-state index contributed by atoms with van der Waals surface area (Å²) in [6, 6.07) is 0.901. The number of aliphatic carboxylic acids is 2. The minimum atomic E-state index is -1.64. The predicted octanol–water partition coefficient (Wildman–Crippen LogP) is 0.189. The second kappa shape index (κ2) is 5.80. The van der Waals surface area contributed by atoms with Crippen molar-refractivity contribution >= 4 is 17.8 Å². The van der Waals surface area contributed by atoms with Crippen LogP contribution in [0.2, 0.25) is 0 Å². The number of hydrogen-bond acceptors (Lipinski definition) is 4. The Kier molecular flexibility index (Phi) is 4.41. The van der Waals surface area contributed by atoms with Crippen molar-refractivity contribution in [2.75, 3.05) is 0 Å². The van der Waals surface area contributed by atoms with Crippen molar-refractivity contribution < 1.29 is 34.1 Å². The van der Waals surface area contributed by atoms with Gasteiger partial charge in [0.05, 0.1) is 12.0 Å². The van der Waals surface area contributed by atoms with E-state index in [0.717, 1.165) is 12.1 Å². The van der Waals surface area contributed by atoms with Crippen LogP contribution >= 0.6 is 0 Å². The van der Waals surface area contributed by atoms with Crippen LogP contribution in [0.3, 0.4) is 0 Å². The molecule has 0 saturated heterocycles. The smallest absolute Gasteiger partial charge is 0.326 e. The van der Waals surface area contributed by atoms with Gasteiger partial charge in [-0.05, 0) is 12.1 Å². The van der Waals surface area contributed by atoms with Gasteiger partial charge < -0.3 is 20.6 Å². The predicted molar refractivity (Wildman–Crippen MR) is 59.2 cm³/mol. The molecule has 0 fully saturated rings. The summed E-state index contributed by atoms with van der Waals surface area (Å²) in [4.78, 5) is 32.8. The largest absolute Gasteiger partial charge is 0.507 e. The molecule has 1 atom stereocenters. The lowest BCUT2D eigenvalue weighted by Gasteiger charge is -2.12. The second-order valence-electron chi connectivity index (χ2n) is 3.62. The zero-order valence-electron chi connectivity index (χ0n) is 9.46. The normalized spacial score (nSPS) is 11.6. The van der Waals surface area contributed by atoms with E-state index in [1.165, 1.54) is 0 Å². The monoisotopic (exact) mass is 271 g/mol. The van der Waals surface area contributed by atoms with Crippen LogP contribution in [0.5, 0.6) is 5.75 Å². The van der Waals surface area contributed by atoms with Crippen molar-refractivity contribution in [3.8, 4) is 5.75 Å². The number of benzene rings is 1. The Morgan fingerprint density at radius 2 is 1.89 bits per heavy atom. The third-order valence-electron chi connectivity index (χ3n) is 2.19. The van der Waals surface area contributed by atoms with Gasteiger partial charge in [-0.15, -0.1) is 0 Å². The molecule has 0 aromatic heterocycles. The minimum absolute atomic E-state index is 0.349. The van der Waals surface area contributed by atoms with Crippen molar-refractivity contribution in [2.24, 2.45) is 0 Å². The van der Waals surface area contributed by atoms with Crippen LogP contribution < -0.4 is 5.32 Å². The fourth-order valence-corrected chi connectivity index (χ4v) is 1.31. The molecule has 0 aliphatic rings. The Bertz CT molecular complexity index is 530. The van der Waals surface area contributed by atoms with E-state index in [0.29, 0.717) is 6.07 Å². The average molecular weight is 271 g/mol. The summed E-state index contributed by atoms with van der Waals surface area (Å²) in [6.07, 6.45) is -0.816. The highest BCUT2D eigenvalue weighted by Gasteiger charge is 2.24. The van der Waals surface area contributed by atoms with Crippen LogP contribution in [-0.4, -0.2) is 39.2 Å². The quantitative estimate of drug-likeness (QED) is 0.606. The standard InChI is InChI=1S/C11H10FNO6/c12-5-1-2-6(8(14)3-5)10(17)13-7(11(18)19)4-9(15)16/h1-3,7,14H,4H2,(H,13,17)(H,15,16)(H,18,19)/t7-/m1/s1. The summed E-state index contributed by atoms with van der Waals surface area (Å²) < 4.78 is 12.7. The highest BCUT2D eigenvalue weighted by molar-refractivity contribution is 5.99. The molecule has 0 radical (unpaired) electrons. The second-order valence-corrected chi connectivity index (χ2v) is 3.62. The van der Waals surface area contributed by atoms with Gasteiger partial charge in [-0.25, -0.2) is 9.18 Å². The highest BCUT2D eigenvalue weighted by Crippen LogP contribution is 2.18. The van der Waals surface area contributed by atoms with Gasteiger partial charge in [-0.2, -0.15) is 0 Å². The summed E-state index contributed by atoms with van der Waals surface area (Å²) in [5, 5.41) is 28.5. The topological polar surface area (TPSA) is 124 Å². The maximum absolute atomic E-state index is 12.7. The number of carboxylic acid groups (broad SMARTS) is 2. The van der Waals surface area contributed by atoms with Crippen LogP contribution in [0.4, 0.5) is 4.39 Å². The zero-order chi connectivity index (χ0) is 14.6. The third-order valence-corrected chi connectivity index (χ3v) is 2.19. The van der Waals surface area contributed by atoms with Gasteiger partial charge in [-0.3, -0.25) is 9.59 Å². The first-order chi connectivity index (χ1) is 8.81. The molecule has 0 aliphatic carbocycles. The first kappa shape index (κ1) is 14.4. The molecule has 0 aliphatic heterocycles. The van der Waals surface area contributed by atoms with E-state index in [2.05, 4.69) is 0 Å². The molecule has 0 heterocycles. The van der Waals surface area contributed by atoms with Gasteiger partial charge in [0.1, 0.15) is 17.6 Å². The molecule has 0 saturated carbocycles. The lowest BCUT2D eigenvalue weighted by atomic mass is 10.1. The molecule has 7 nitrogen and oxygen atoms in total. The fraction of sp³-hybridized carbons (Fsp3) is 0.182. The Morgan fingerprint density at radius 3 is 2.37 bits per heavy atom. The van der Waals surface area contributed by atoms with Crippen LogP contribution in [0.25, 0.3) is 0 Å².